The molecule has 1 aromatic carbocycles. The Balaban J connectivity index is 2.07. The molecule has 7 nitrogen and oxygen atoms in total. The van der Waals surface area contributed by atoms with E-state index in [0.29, 0.717) is 17.9 Å². The van der Waals surface area contributed by atoms with Crippen LogP contribution in [-0.2, 0) is 4.79 Å². The molecular weight excluding hydrogens is 260 g/mol. The van der Waals surface area contributed by atoms with E-state index in [9.17, 15) is 14.9 Å². The summed E-state index contributed by atoms with van der Waals surface area (Å²) in [5.41, 5.74) is 0.762. The van der Waals surface area contributed by atoms with Crippen LogP contribution in [0, 0.1) is 10.1 Å². The number of hydrogen-bond acceptors (Lipinski definition) is 5. The van der Waals surface area contributed by atoms with Gasteiger partial charge in [0.25, 0.3) is 0 Å². The van der Waals surface area contributed by atoms with Gasteiger partial charge < -0.3 is 16.0 Å². The summed E-state index contributed by atoms with van der Waals surface area (Å²) in [6.07, 6.45) is 2.03. The molecule has 0 radical (unpaired) electrons. The monoisotopic (exact) mass is 278 g/mol. The van der Waals surface area contributed by atoms with Crippen molar-refractivity contribution >= 4 is 23.0 Å². The zero-order valence-corrected chi connectivity index (χ0v) is 11.3. The van der Waals surface area contributed by atoms with Crippen molar-refractivity contribution in [3.8, 4) is 0 Å². The highest BCUT2D eigenvalue weighted by Crippen LogP contribution is 2.32. The second-order valence-corrected chi connectivity index (χ2v) is 4.68. The summed E-state index contributed by atoms with van der Waals surface area (Å²) < 4.78 is 0. The van der Waals surface area contributed by atoms with E-state index in [-0.39, 0.29) is 24.2 Å². The molecule has 1 saturated carbocycles. The average molecular weight is 278 g/mol. The van der Waals surface area contributed by atoms with E-state index in [4.69, 9.17) is 0 Å². The minimum absolute atomic E-state index is 0.0337. The lowest BCUT2D eigenvalue weighted by atomic mass is 10.2. The lowest BCUT2D eigenvalue weighted by molar-refractivity contribution is -0.383. The molecule has 3 N–H and O–H groups in total. The minimum Gasteiger partial charge on any atom is -0.380 e. The van der Waals surface area contributed by atoms with Gasteiger partial charge in [0.05, 0.1) is 11.5 Å². The van der Waals surface area contributed by atoms with Crippen LogP contribution in [0.4, 0.5) is 17.1 Å². The van der Waals surface area contributed by atoms with Crippen molar-refractivity contribution in [3.05, 3.63) is 28.3 Å². The Morgan fingerprint density at radius 3 is 2.55 bits per heavy atom. The topological polar surface area (TPSA) is 96.3 Å². The van der Waals surface area contributed by atoms with Crippen LogP contribution < -0.4 is 16.0 Å². The Labute approximate surface area is 116 Å². The molecule has 7 heteroatoms. The Morgan fingerprint density at radius 2 is 2.00 bits per heavy atom. The molecule has 0 bridgehead atoms. The Morgan fingerprint density at radius 1 is 1.35 bits per heavy atom. The molecule has 1 aliphatic carbocycles. The zero-order valence-electron chi connectivity index (χ0n) is 11.3. The van der Waals surface area contributed by atoms with Crippen molar-refractivity contribution < 1.29 is 9.72 Å². The summed E-state index contributed by atoms with van der Waals surface area (Å²) >= 11 is 0. The maximum Gasteiger partial charge on any atom is 0.315 e. The fourth-order valence-electron chi connectivity index (χ4n) is 1.90. The number of nitro benzene ring substituents is 1. The van der Waals surface area contributed by atoms with Crippen molar-refractivity contribution in [1.29, 1.82) is 0 Å². The van der Waals surface area contributed by atoms with E-state index >= 15 is 0 Å². The SMILES string of the molecule is CCNc1cccc(NCC(=O)NC2CC2)c1[N+](=O)[O-]. The number of nitro groups is 1. The second-order valence-electron chi connectivity index (χ2n) is 4.68. The highest BCUT2D eigenvalue weighted by atomic mass is 16.6. The smallest absolute Gasteiger partial charge is 0.315 e. The molecule has 108 valence electrons. The van der Waals surface area contributed by atoms with Crippen LogP contribution in [0.2, 0.25) is 0 Å². The highest BCUT2D eigenvalue weighted by Gasteiger charge is 2.24. The number of para-hydroxylation sites is 1. The normalized spacial score (nSPS) is 13.7. The number of nitrogens with zero attached hydrogens (tertiary/aromatic N) is 1. The van der Waals surface area contributed by atoms with Gasteiger partial charge in [-0.3, -0.25) is 14.9 Å². The molecule has 0 spiro atoms. The van der Waals surface area contributed by atoms with Gasteiger partial charge in [-0.05, 0) is 31.9 Å². The molecule has 2 rings (SSSR count). The Bertz CT molecular complexity index is 514. The van der Waals surface area contributed by atoms with Crippen molar-refractivity contribution in [2.75, 3.05) is 23.7 Å². The van der Waals surface area contributed by atoms with Crippen molar-refractivity contribution in [2.45, 2.75) is 25.8 Å². The molecule has 1 amide bonds. The van der Waals surface area contributed by atoms with Crippen LogP contribution in [-0.4, -0.2) is 30.0 Å². The van der Waals surface area contributed by atoms with Crippen LogP contribution >= 0.6 is 0 Å². The second kappa shape index (κ2) is 6.23. The van der Waals surface area contributed by atoms with Crippen LogP contribution in [0.5, 0.6) is 0 Å². The predicted octanol–water partition coefficient (Wildman–Crippen LogP) is 1.72. The molecule has 0 saturated heterocycles. The van der Waals surface area contributed by atoms with Gasteiger partial charge in [-0.2, -0.15) is 0 Å². The summed E-state index contributed by atoms with van der Waals surface area (Å²) in [5.74, 6) is -0.143. The van der Waals surface area contributed by atoms with Gasteiger partial charge in [-0.1, -0.05) is 6.07 Å². The summed E-state index contributed by atoms with van der Waals surface area (Å²) in [6.45, 7) is 2.49. The number of benzene rings is 1. The lowest BCUT2D eigenvalue weighted by Gasteiger charge is -2.10. The molecule has 1 fully saturated rings. The maximum absolute atomic E-state index is 11.6. The van der Waals surface area contributed by atoms with E-state index in [2.05, 4.69) is 16.0 Å². The van der Waals surface area contributed by atoms with Gasteiger partial charge >= 0.3 is 5.69 Å². The standard InChI is InChI=1S/C13H18N4O3/c1-2-14-10-4-3-5-11(13(10)17(19)20)15-8-12(18)16-9-6-7-9/h3-5,9,14-15H,2,6-8H2,1H3,(H,16,18). The fraction of sp³-hybridized carbons (Fsp3) is 0.462. The van der Waals surface area contributed by atoms with E-state index < -0.39 is 4.92 Å². The number of hydrogen-bond donors (Lipinski definition) is 3. The fourth-order valence-corrected chi connectivity index (χ4v) is 1.90. The van der Waals surface area contributed by atoms with E-state index in [1.807, 2.05) is 6.92 Å². The number of carbonyl (C=O) groups is 1. The molecule has 0 heterocycles. The molecular formula is C13H18N4O3. The number of rotatable bonds is 7. The van der Waals surface area contributed by atoms with E-state index in [1.54, 1.807) is 18.2 Å². The molecule has 20 heavy (non-hydrogen) atoms. The van der Waals surface area contributed by atoms with Crippen LogP contribution in [0.25, 0.3) is 0 Å². The number of nitrogens with one attached hydrogen (secondary N) is 3. The molecule has 0 aromatic heterocycles. The summed E-state index contributed by atoms with van der Waals surface area (Å²) in [7, 11) is 0. The third-order valence-corrected chi connectivity index (χ3v) is 2.97. The number of amides is 1. The number of carbonyl (C=O) groups excluding carboxylic acids is 1. The summed E-state index contributed by atoms with van der Waals surface area (Å²) in [5, 5.41) is 19.8. The van der Waals surface area contributed by atoms with Gasteiger partial charge in [-0.15, -0.1) is 0 Å². The Kier molecular flexibility index (Phi) is 4.39. The van der Waals surface area contributed by atoms with Gasteiger partial charge in [0.2, 0.25) is 5.91 Å². The van der Waals surface area contributed by atoms with Gasteiger partial charge in [0, 0.05) is 12.6 Å². The maximum atomic E-state index is 11.6. The first-order valence-electron chi connectivity index (χ1n) is 6.66. The van der Waals surface area contributed by atoms with Crippen molar-refractivity contribution in [2.24, 2.45) is 0 Å². The number of anilines is 2. The van der Waals surface area contributed by atoms with Gasteiger partial charge in [0.1, 0.15) is 11.4 Å². The summed E-state index contributed by atoms with van der Waals surface area (Å²) in [6, 6.07) is 5.25. The van der Waals surface area contributed by atoms with Crippen molar-refractivity contribution in [1.82, 2.24) is 5.32 Å². The predicted molar refractivity (Wildman–Crippen MR) is 76.9 cm³/mol. The van der Waals surface area contributed by atoms with E-state index in [1.165, 1.54) is 0 Å². The van der Waals surface area contributed by atoms with E-state index in [0.717, 1.165) is 12.8 Å². The molecule has 0 atom stereocenters. The van der Waals surface area contributed by atoms with Gasteiger partial charge in [0.15, 0.2) is 0 Å². The third-order valence-electron chi connectivity index (χ3n) is 2.97. The highest BCUT2D eigenvalue weighted by molar-refractivity contribution is 5.84. The van der Waals surface area contributed by atoms with Gasteiger partial charge in [-0.25, -0.2) is 0 Å². The first-order valence-corrected chi connectivity index (χ1v) is 6.66. The van der Waals surface area contributed by atoms with Crippen LogP contribution in [0.15, 0.2) is 18.2 Å². The lowest BCUT2D eigenvalue weighted by Crippen LogP contribution is -2.31. The molecule has 1 aromatic rings. The first-order chi connectivity index (χ1) is 9.61. The summed E-state index contributed by atoms with van der Waals surface area (Å²) in [4.78, 5) is 22.3. The zero-order chi connectivity index (χ0) is 14.5. The molecule has 0 aliphatic heterocycles. The molecule has 0 unspecified atom stereocenters. The Hall–Kier alpha value is -2.31. The first kappa shape index (κ1) is 14.1. The van der Waals surface area contributed by atoms with Crippen LogP contribution in [0.3, 0.4) is 0 Å². The largest absolute Gasteiger partial charge is 0.380 e. The van der Waals surface area contributed by atoms with Crippen LogP contribution in [0.1, 0.15) is 19.8 Å². The molecule has 1 aliphatic rings. The average Bonchev–Trinajstić information content (AvgIpc) is 3.20. The van der Waals surface area contributed by atoms with Crippen molar-refractivity contribution in [3.63, 3.8) is 0 Å². The quantitative estimate of drug-likeness (QED) is 0.521. The minimum atomic E-state index is -0.445. The third kappa shape index (κ3) is 3.59.